The van der Waals surface area contributed by atoms with Crippen molar-refractivity contribution in [1.29, 1.82) is 0 Å². The van der Waals surface area contributed by atoms with Crippen molar-refractivity contribution in [3.63, 3.8) is 0 Å². The standard InChI is InChI=1S/C17H23NO3S/c1-2-3-12-18(16-11-13-22(20,21)14-16)17(19)10-9-15-7-5-4-6-8-15/h4-10,16H,2-3,11-14H2,1H3/b10-9+/t16-/m1/s1. The van der Waals surface area contributed by atoms with Crippen LogP contribution in [0.25, 0.3) is 6.08 Å². The Hall–Kier alpha value is -1.62. The molecule has 0 N–H and O–H groups in total. The molecule has 1 aromatic carbocycles. The number of sulfone groups is 1. The van der Waals surface area contributed by atoms with Crippen LogP contribution in [0, 0.1) is 0 Å². The molecular formula is C17H23NO3S. The fourth-order valence-corrected chi connectivity index (χ4v) is 4.38. The van der Waals surface area contributed by atoms with Crippen molar-refractivity contribution in [1.82, 2.24) is 4.90 Å². The molecule has 1 fully saturated rings. The second kappa shape index (κ2) is 7.58. The Morgan fingerprint density at radius 2 is 2.05 bits per heavy atom. The van der Waals surface area contributed by atoms with Crippen LogP contribution in [0.15, 0.2) is 36.4 Å². The summed E-state index contributed by atoms with van der Waals surface area (Å²) < 4.78 is 23.3. The highest BCUT2D eigenvalue weighted by atomic mass is 32.2. The topological polar surface area (TPSA) is 54.5 Å². The third-order valence-electron chi connectivity index (χ3n) is 3.90. The van der Waals surface area contributed by atoms with Crippen molar-refractivity contribution in [3.8, 4) is 0 Å². The van der Waals surface area contributed by atoms with Crippen molar-refractivity contribution < 1.29 is 13.2 Å². The normalized spacial score (nSPS) is 20.3. The van der Waals surface area contributed by atoms with Crippen LogP contribution in [-0.2, 0) is 14.6 Å². The molecule has 0 aliphatic carbocycles. The smallest absolute Gasteiger partial charge is 0.246 e. The Kier molecular flexibility index (Phi) is 5.77. The molecule has 1 amide bonds. The first-order valence-corrected chi connectivity index (χ1v) is 9.58. The van der Waals surface area contributed by atoms with E-state index < -0.39 is 9.84 Å². The summed E-state index contributed by atoms with van der Waals surface area (Å²) in [6, 6.07) is 9.45. The van der Waals surface area contributed by atoms with Gasteiger partial charge in [0.05, 0.1) is 11.5 Å². The van der Waals surface area contributed by atoms with Gasteiger partial charge in [0, 0.05) is 18.7 Å². The number of amides is 1. The number of unbranched alkanes of at least 4 members (excludes halogenated alkanes) is 1. The SMILES string of the molecule is CCCCN(C(=O)/C=C/c1ccccc1)[C@@H]1CCS(=O)(=O)C1. The van der Waals surface area contributed by atoms with Crippen LogP contribution in [0.4, 0.5) is 0 Å². The minimum atomic E-state index is -2.98. The lowest BCUT2D eigenvalue weighted by Crippen LogP contribution is -2.40. The van der Waals surface area contributed by atoms with E-state index in [-0.39, 0.29) is 23.5 Å². The molecule has 1 atom stereocenters. The molecule has 1 aromatic rings. The lowest BCUT2D eigenvalue weighted by molar-refractivity contribution is -0.127. The number of carbonyl (C=O) groups is 1. The molecule has 120 valence electrons. The molecule has 0 aromatic heterocycles. The largest absolute Gasteiger partial charge is 0.335 e. The fourth-order valence-electron chi connectivity index (χ4n) is 2.65. The van der Waals surface area contributed by atoms with Gasteiger partial charge in [-0.1, -0.05) is 43.7 Å². The zero-order valence-corrected chi connectivity index (χ0v) is 13.8. The second-order valence-electron chi connectivity index (χ2n) is 5.69. The first-order valence-electron chi connectivity index (χ1n) is 7.76. The summed E-state index contributed by atoms with van der Waals surface area (Å²) in [5, 5.41) is 0. The van der Waals surface area contributed by atoms with Crippen LogP contribution in [0.3, 0.4) is 0 Å². The highest BCUT2D eigenvalue weighted by molar-refractivity contribution is 7.91. The Labute approximate surface area is 132 Å². The van der Waals surface area contributed by atoms with Gasteiger partial charge in [-0.2, -0.15) is 0 Å². The van der Waals surface area contributed by atoms with Gasteiger partial charge in [0.25, 0.3) is 0 Å². The molecule has 1 heterocycles. The van der Waals surface area contributed by atoms with E-state index in [1.165, 1.54) is 0 Å². The summed E-state index contributed by atoms with van der Waals surface area (Å²) in [4.78, 5) is 14.2. The number of benzene rings is 1. The quantitative estimate of drug-likeness (QED) is 0.757. The second-order valence-corrected chi connectivity index (χ2v) is 7.91. The Morgan fingerprint density at radius 1 is 1.32 bits per heavy atom. The lowest BCUT2D eigenvalue weighted by atomic mass is 10.1. The van der Waals surface area contributed by atoms with Gasteiger partial charge in [-0.25, -0.2) is 8.42 Å². The van der Waals surface area contributed by atoms with Crippen LogP contribution in [0.5, 0.6) is 0 Å². The maximum atomic E-state index is 12.5. The predicted octanol–water partition coefficient (Wildman–Crippen LogP) is 2.52. The van der Waals surface area contributed by atoms with Gasteiger partial charge < -0.3 is 4.90 Å². The summed E-state index contributed by atoms with van der Waals surface area (Å²) in [5.74, 6) is 0.192. The predicted molar refractivity (Wildman–Crippen MR) is 89.2 cm³/mol. The van der Waals surface area contributed by atoms with Crippen molar-refractivity contribution in [2.75, 3.05) is 18.1 Å². The maximum Gasteiger partial charge on any atom is 0.246 e. The summed E-state index contributed by atoms with van der Waals surface area (Å²) in [5.41, 5.74) is 0.963. The van der Waals surface area contributed by atoms with Crippen LogP contribution < -0.4 is 0 Å². The molecule has 1 aliphatic rings. The molecule has 22 heavy (non-hydrogen) atoms. The molecule has 5 heteroatoms. The Bertz CT molecular complexity index is 623. The van der Waals surface area contributed by atoms with Crippen LogP contribution >= 0.6 is 0 Å². The minimum Gasteiger partial charge on any atom is -0.335 e. The molecule has 1 aliphatic heterocycles. The van der Waals surface area contributed by atoms with E-state index in [0.717, 1.165) is 18.4 Å². The zero-order chi connectivity index (χ0) is 16.0. The Morgan fingerprint density at radius 3 is 2.64 bits per heavy atom. The van der Waals surface area contributed by atoms with Crippen molar-refractivity contribution in [3.05, 3.63) is 42.0 Å². The molecule has 0 bridgehead atoms. The maximum absolute atomic E-state index is 12.5. The van der Waals surface area contributed by atoms with Crippen molar-refractivity contribution in [2.24, 2.45) is 0 Å². The summed E-state index contributed by atoms with van der Waals surface area (Å²) >= 11 is 0. The van der Waals surface area contributed by atoms with Gasteiger partial charge in [-0.15, -0.1) is 0 Å². The number of hydrogen-bond acceptors (Lipinski definition) is 3. The highest BCUT2D eigenvalue weighted by Gasteiger charge is 2.33. The number of carbonyl (C=O) groups excluding carboxylic acids is 1. The first-order chi connectivity index (χ1) is 10.5. The van der Waals surface area contributed by atoms with E-state index in [0.29, 0.717) is 13.0 Å². The van der Waals surface area contributed by atoms with Crippen LogP contribution in [0.1, 0.15) is 31.7 Å². The molecule has 2 rings (SSSR count). The summed E-state index contributed by atoms with van der Waals surface area (Å²) in [6.45, 7) is 2.68. The summed E-state index contributed by atoms with van der Waals surface area (Å²) in [7, 11) is -2.98. The van der Waals surface area contributed by atoms with E-state index in [4.69, 9.17) is 0 Å². The summed E-state index contributed by atoms with van der Waals surface area (Å²) in [6.07, 6.45) is 5.75. The Balaban J connectivity index is 2.08. The van der Waals surface area contributed by atoms with E-state index in [2.05, 4.69) is 6.92 Å². The highest BCUT2D eigenvalue weighted by Crippen LogP contribution is 2.19. The monoisotopic (exact) mass is 321 g/mol. The molecular weight excluding hydrogens is 298 g/mol. The number of rotatable bonds is 6. The van der Waals surface area contributed by atoms with E-state index in [1.54, 1.807) is 17.1 Å². The van der Waals surface area contributed by atoms with Crippen LogP contribution in [0.2, 0.25) is 0 Å². The molecule has 0 unspecified atom stereocenters. The fraction of sp³-hybridized carbons (Fsp3) is 0.471. The zero-order valence-electron chi connectivity index (χ0n) is 12.9. The van der Waals surface area contributed by atoms with Crippen molar-refractivity contribution >= 4 is 21.8 Å². The molecule has 0 spiro atoms. The number of nitrogens with zero attached hydrogens (tertiary/aromatic N) is 1. The van der Waals surface area contributed by atoms with E-state index in [9.17, 15) is 13.2 Å². The van der Waals surface area contributed by atoms with Gasteiger partial charge in [0.1, 0.15) is 0 Å². The van der Waals surface area contributed by atoms with Gasteiger partial charge in [-0.3, -0.25) is 4.79 Å². The first kappa shape index (κ1) is 16.7. The lowest BCUT2D eigenvalue weighted by Gasteiger charge is -2.27. The number of hydrogen-bond donors (Lipinski definition) is 0. The average molecular weight is 321 g/mol. The average Bonchev–Trinajstić information content (AvgIpc) is 2.86. The van der Waals surface area contributed by atoms with Gasteiger partial charge in [-0.05, 0) is 24.5 Å². The molecule has 1 saturated heterocycles. The van der Waals surface area contributed by atoms with Gasteiger partial charge >= 0.3 is 0 Å². The molecule has 4 nitrogen and oxygen atoms in total. The molecule has 0 saturated carbocycles. The van der Waals surface area contributed by atoms with Gasteiger partial charge in [0.15, 0.2) is 9.84 Å². The van der Waals surface area contributed by atoms with E-state index in [1.807, 2.05) is 30.3 Å². The van der Waals surface area contributed by atoms with Crippen molar-refractivity contribution in [2.45, 2.75) is 32.2 Å². The third-order valence-corrected chi connectivity index (χ3v) is 5.65. The third kappa shape index (κ3) is 4.70. The minimum absolute atomic E-state index is 0.0978. The van der Waals surface area contributed by atoms with Gasteiger partial charge in [0.2, 0.25) is 5.91 Å². The van der Waals surface area contributed by atoms with E-state index >= 15 is 0 Å². The van der Waals surface area contributed by atoms with Crippen LogP contribution in [-0.4, -0.2) is 43.3 Å². The molecule has 0 radical (unpaired) electrons.